The third-order valence-electron chi connectivity index (χ3n) is 8.13. The number of carbonyl (C=O) groups excluding carboxylic acids is 2. The smallest absolute Gasteiger partial charge is 0.287 e. The summed E-state index contributed by atoms with van der Waals surface area (Å²) in [5.74, 6) is 0.263. The molecule has 44 heavy (non-hydrogen) atoms. The molecule has 0 radical (unpaired) electrons. The minimum Gasteiger partial charge on any atom is -0.451 e. The van der Waals surface area contributed by atoms with Crippen LogP contribution in [0.4, 0.5) is 0 Å². The molecule has 9 heteroatoms. The molecular weight excluding hydrogens is 552 g/mol. The van der Waals surface area contributed by atoms with E-state index in [1.54, 1.807) is 12.1 Å². The van der Waals surface area contributed by atoms with Gasteiger partial charge < -0.3 is 25.7 Å². The van der Waals surface area contributed by atoms with Crippen molar-refractivity contribution < 1.29 is 14.0 Å². The molecule has 228 valence electrons. The molecule has 2 amide bonds. The van der Waals surface area contributed by atoms with Crippen molar-refractivity contribution in [2.45, 2.75) is 43.8 Å². The van der Waals surface area contributed by atoms with Crippen LogP contribution in [0.1, 0.15) is 47.4 Å². The highest BCUT2D eigenvalue weighted by atomic mass is 16.3. The van der Waals surface area contributed by atoms with Crippen LogP contribution in [0.2, 0.25) is 0 Å². The number of nitrogens with zero attached hydrogens (tertiary/aromatic N) is 1. The molecule has 0 bridgehead atoms. The molecule has 5 rings (SSSR count). The normalized spacial score (nSPS) is 17.6. The van der Waals surface area contributed by atoms with E-state index >= 15 is 0 Å². The molecule has 0 spiro atoms. The minimum absolute atomic E-state index is 0.0168. The van der Waals surface area contributed by atoms with Gasteiger partial charge >= 0.3 is 0 Å². The summed E-state index contributed by atoms with van der Waals surface area (Å²) in [5, 5.41) is 17.3. The number of amides is 2. The molecule has 1 saturated heterocycles. The van der Waals surface area contributed by atoms with Gasteiger partial charge in [-0.15, -0.1) is 0 Å². The van der Waals surface area contributed by atoms with Crippen molar-refractivity contribution in [2.24, 2.45) is 5.73 Å². The largest absolute Gasteiger partial charge is 0.451 e. The first-order valence-corrected chi connectivity index (χ1v) is 15.1. The van der Waals surface area contributed by atoms with Crippen molar-refractivity contribution in [1.82, 2.24) is 20.9 Å². The minimum atomic E-state index is -0.645. The standard InChI is InChI=1S/C35H40N6O3/c1-2-29(40-35(36)37)32-34(43)41(23-28(24-12-6-3-7-13-24)25-14-8-4-9-15-25)21-20-27(39-32)22-38-33(42)31-19-18-30(44-31)26-16-10-5-11-17-26/h3-19,27-29,32,39H,2,20-23H2,1H3,(H,38,42)(H4,36,37,40)/t27-,29?,32-/m0/s1. The Labute approximate surface area is 258 Å². The Hall–Kier alpha value is -4.89. The first kappa shape index (κ1) is 30.6. The van der Waals surface area contributed by atoms with Crippen LogP contribution in [0.3, 0.4) is 0 Å². The van der Waals surface area contributed by atoms with Gasteiger partial charge in [0.25, 0.3) is 5.91 Å². The van der Waals surface area contributed by atoms with Crippen LogP contribution in [-0.4, -0.2) is 60.4 Å². The molecule has 2 heterocycles. The maximum absolute atomic E-state index is 14.2. The molecule has 1 fully saturated rings. The second-order valence-corrected chi connectivity index (χ2v) is 11.1. The molecular formula is C35H40N6O3. The number of hydrogen-bond acceptors (Lipinski definition) is 5. The van der Waals surface area contributed by atoms with Gasteiger partial charge in [0.2, 0.25) is 5.91 Å². The number of benzene rings is 3. The van der Waals surface area contributed by atoms with Crippen molar-refractivity contribution in [2.75, 3.05) is 19.6 Å². The number of carbonyl (C=O) groups is 2. The summed E-state index contributed by atoms with van der Waals surface area (Å²) in [6.45, 7) is 3.26. The van der Waals surface area contributed by atoms with Crippen molar-refractivity contribution >= 4 is 17.8 Å². The van der Waals surface area contributed by atoms with Gasteiger partial charge in [-0.05, 0) is 36.1 Å². The first-order valence-electron chi connectivity index (χ1n) is 15.1. The fourth-order valence-electron chi connectivity index (χ4n) is 5.79. The van der Waals surface area contributed by atoms with Gasteiger partial charge in [-0.3, -0.25) is 20.3 Å². The monoisotopic (exact) mass is 592 g/mol. The van der Waals surface area contributed by atoms with Crippen molar-refractivity contribution in [3.63, 3.8) is 0 Å². The predicted octanol–water partition coefficient (Wildman–Crippen LogP) is 4.33. The van der Waals surface area contributed by atoms with Gasteiger partial charge in [0.05, 0.1) is 6.04 Å². The third kappa shape index (κ3) is 7.54. The van der Waals surface area contributed by atoms with E-state index < -0.39 is 12.1 Å². The zero-order chi connectivity index (χ0) is 30.9. The molecule has 4 aromatic rings. The summed E-state index contributed by atoms with van der Waals surface area (Å²) in [7, 11) is 0. The number of guanidine groups is 1. The summed E-state index contributed by atoms with van der Waals surface area (Å²) in [6, 6.07) is 32.3. The summed E-state index contributed by atoms with van der Waals surface area (Å²) in [4.78, 5) is 29.1. The molecule has 6 N–H and O–H groups in total. The number of furan rings is 1. The van der Waals surface area contributed by atoms with Gasteiger partial charge in [-0.2, -0.15) is 0 Å². The Morgan fingerprint density at radius 1 is 0.977 bits per heavy atom. The van der Waals surface area contributed by atoms with Crippen molar-refractivity contribution in [1.29, 1.82) is 5.41 Å². The van der Waals surface area contributed by atoms with Crippen LogP contribution in [0, 0.1) is 5.41 Å². The number of hydrogen-bond donors (Lipinski definition) is 5. The lowest BCUT2D eigenvalue weighted by Crippen LogP contribution is -2.60. The van der Waals surface area contributed by atoms with Crippen molar-refractivity contribution in [3.05, 3.63) is 120 Å². The second-order valence-electron chi connectivity index (χ2n) is 11.1. The van der Waals surface area contributed by atoms with Crippen molar-refractivity contribution in [3.8, 4) is 11.3 Å². The average molecular weight is 593 g/mol. The van der Waals surface area contributed by atoms with E-state index in [2.05, 4.69) is 40.2 Å². The highest BCUT2D eigenvalue weighted by Gasteiger charge is 2.37. The van der Waals surface area contributed by atoms with Gasteiger partial charge in [0.1, 0.15) is 11.8 Å². The molecule has 1 unspecified atom stereocenters. The van der Waals surface area contributed by atoms with E-state index in [0.29, 0.717) is 38.2 Å². The Balaban J connectivity index is 1.34. The Morgan fingerprint density at radius 3 is 2.18 bits per heavy atom. The Morgan fingerprint density at radius 2 is 1.59 bits per heavy atom. The van der Waals surface area contributed by atoms with Crippen LogP contribution >= 0.6 is 0 Å². The van der Waals surface area contributed by atoms with Gasteiger partial charge in [-0.25, -0.2) is 0 Å². The molecule has 3 atom stereocenters. The summed E-state index contributed by atoms with van der Waals surface area (Å²) >= 11 is 0. The summed E-state index contributed by atoms with van der Waals surface area (Å²) in [5.41, 5.74) is 8.88. The van der Waals surface area contributed by atoms with E-state index in [1.165, 1.54) is 0 Å². The van der Waals surface area contributed by atoms with E-state index in [4.69, 9.17) is 15.6 Å². The summed E-state index contributed by atoms with van der Waals surface area (Å²) in [6.07, 6.45) is 1.20. The SMILES string of the molecule is CCC(NC(=N)N)[C@@H]1N[C@H](CNC(=O)c2ccc(-c3ccccc3)o2)CCN(CC(c2ccccc2)c2ccccc2)C1=O. The van der Waals surface area contributed by atoms with E-state index in [-0.39, 0.29) is 35.5 Å². The second kappa shape index (κ2) is 14.5. The lowest BCUT2D eigenvalue weighted by Gasteiger charge is -2.32. The molecule has 1 aliphatic heterocycles. The quantitative estimate of drug-likeness (QED) is 0.130. The van der Waals surface area contributed by atoms with E-state index in [1.807, 2.05) is 78.6 Å². The fraction of sp³-hybridized carbons (Fsp3) is 0.286. The van der Waals surface area contributed by atoms with Crippen LogP contribution < -0.4 is 21.7 Å². The predicted molar refractivity (Wildman–Crippen MR) is 172 cm³/mol. The van der Waals surface area contributed by atoms with E-state index in [9.17, 15) is 9.59 Å². The number of nitrogens with two attached hydrogens (primary N) is 1. The molecule has 9 nitrogen and oxygen atoms in total. The molecule has 1 aliphatic rings. The Kier molecular flexibility index (Phi) is 10.1. The first-order chi connectivity index (χ1) is 21.4. The van der Waals surface area contributed by atoms with E-state index in [0.717, 1.165) is 16.7 Å². The fourth-order valence-corrected chi connectivity index (χ4v) is 5.79. The molecule has 3 aromatic carbocycles. The zero-order valence-corrected chi connectivity index (χ0v) is 24.9. The number of rotatable bonds is 11. The highest BCUT2D eigenvalue weighted by Crippen LogP contribution is 2.27. The lowest BCUT2D eigenvalue weighted by molar-refractivity contribution is -0.133. The Bertz CT molecular complexity index is 1490. The van der Waals surface area contributed by atoms with Gasteiger partial charge in [0, 0.05) is 37.2 Å². The number of nitrogens with one attached hydrogen (secondary N) is 4. The van der Waals surface area contributed by atoms with Crippen LogP contribution in [0.15, 0.2) is 108 Å². The van der Waals surface area contributed by atoms with Crippen LogP contribution in [0.25, 0.3) is 11.3 Å². The van der Waals surface area contributed by atoms with Gasteiger partial charge in [0.15, 0.2) is 11.7 Å². The third-order valence-corrected chi connectivity index (χ3v) is 8.13. The average Bonchev–Trinajstić information content (AvgIpc) is 3.50. The molecule has 0 saturated carbocycles. The maximum Gasteiger partial charge on any atom is 0.287 e. The molecule has 1 aromatic heterocycles. The van der Waals surface area contributed by atoms with Crippen LogP contribution in [0.5, 0.6) is 0 Å². The lowest BCUT2D eigenvalue weighted by atomic mass is 9.90. The van der Waals surface area contributed by atoms with Gasteiger partial charge in [-0.1, -0.05) is 97.9 Å². The zero-order valence-electron chi connectivity index (χ0n) is 24.9. The highest BCUT2D eigenvalue weighted by molar-refractivity contribution is 5.92. The molecule has 0 aliphatic carbocycles. The van der Waals surface area contributed by atoms with Crippen LogP contribution in [-0.2, 0) is 4.79 Å². The topological polar surface area (TPSA) is 136 Å². The maximum atomic E-state index is 14.2. The summed E-state index contributed by atoms with van der Waals surface area (Å²) < 4.78 is 5.84.